The van der Waals surface area contributed by atoms with Gasteiger partial charge in [-0.1, -0.05) is 0 Å². The van der Waals surface area contributed by atoms with Gasteiger partial charge in [-0.3, -0.25) is 14.3 Å². The predicted molar refractivity (Wildman–Crippen MR) is 64.6 cm³/mol. The molecule has 0 aromatic carbocycles. The number of hydrogen-bond donors (Lipinski definition) is 1. The van der Waals surface area contributed by atoms with Crippen LogP contribution in [0.1, 0.15) is 18.4 Å². The number of aromatic nitrogens is 2. The quantitative estimate of drug-likeness (QED) is 0.771. The highest BCUT2D eigenvalue weighted by Gasteiger charge is 2.32. The van der Waals surface area contributed by atoms with Crippen molar-refractivity contribution in [2.45, 2.75) is 18.9 Å². The van der Waals surface area contributed by atoms with Crippen LogP contribution in [-0.4, -0.2) is 44.3 Å². The Hall–Kier alpha value is -2.11. The van der Waals surface area contributed by atoms with Gasteiger partial charge in [-0.2, -0.15) is 5.10 Å². The normalized spacial score (nSPS) is 14.9. The van der Waals surface area contributed by atoms with Gasteiger partial charge in [-0.15, -0.1) is 0 Å². The topological polar surface area (TPSA) is 75.4 Å². The number of rotatable bonds is 5. The van der Waals surface area contributed by atoms with Crippen molar-refractivity contribution in [1.29, 1.82) is 0 Å². The first-order chi connectivity index (χ1) is 8.56. The number of aliphatic carboxylic acids is 1. The van der Waals surface area contributed by atoms with Crippen molar-refractivity contribution >= 4 is 18.0 Å². The third-order valence-electron chi connectivity index (χ3n) is 2.72. The van der Waals surface area contributed by atoms with Gasteiger partial charge in [0.25, 0.3) is 0 Å². The average molecular weight is 249 g/mol. The molecule has 1 fully saturated rings. The van der Waals surface area contributed by atoms with E-state index in [2.05, 4.69) is 5.10 Å². The van der Waals surface area contributed by atoms with Gasteiger partial charge in [0, 0.05) is 30.9 Å². The fourth-order valence-electron chi connectivity index (χ4n) is 1.71. The minimum Gasteiger partial charge on any atom is -0.480 e. The molecule has 0 radical (unpaired) electrons. The van der Waals surface area contributed by atoms with Gasteiger partial charge in [0.05, 0.1) is 6.20 Å². The SMILES string of the molecule is Cn1cc(C=CC(=O)N(CC(=O)O)C2CC2)cn1. The highest BCUT2D eigenvalue weighted by Crippen LogP contribution is 2.26. The van der Waals surface area contributed by atoms with Crippen molar-refractivity contribution in [3.8, 4) is 0 Å². The number of carbonyl (C=O) groups excluding carboxylic acids is 1. The number of carboxylic acids is 1. The highest BCUT2D eigenvalue weighted by molar-refractivity contribution is 5.93. The Labute approximate surface area is 105 Å². The number of aryl methyl sites for hydroxylation is 1. The summed E-state index contributed by atoms with van der Waals surface area (Å²) in [7, 11) is 1.79. The van der Waals surface area contributed by atoms with Gasteiger partial charge in [0.15, 0.2) is 0 Å². The van der Waals surface area contributed by atoms with E-state index in [1.54, 1.807) is 30.2 Å². The van der Waals surface area contributed by atoms with E-state index in [4.69, 9.17) is 5.11 Å². The highest BCUT2D eigenvalue weighted by atomic mass is 16.4. The maximum Gasteiger partial charge on any atom is 0.323 e. The number of carbonyl (C=O) groups is 2. The zero-order chi connectivity index (χ0) is 13.1. The van der Waals surface area contributed by atoms with E-state index in [1.165, 1.54) is 11.0 Å². The van der Waals surface area contributed by atoms with Gasteiger partial charge in [0.2, 0.25) is 5.91 Å². The molecular weight excluding hydrogens is 234 g/mol. The number of amides is 1. The molecule has 6 heteroatoms. The largest absolute Gasteiger partial charge is 0.480 e. The van der Waals surface area contributed by atoms with Crippen LogP contribution in [0.25, 0.3) is 6.08 Å². The van der Waals surface area contributed by atoms with Gasteiger partial charge in [-0.25, -0.2) is 0 Å². The van der Waals surface area contributed by atoms with Crippen LogP contribution in [0, 0.1) is 0 Å². The summed E-state index contributed by atoms with van der Waals surface area (Å²) in [5, 5.41) is 12.7. The summed E-state index contributed by atoms with van der Waals surface area (Å²) in [6, 6.07) is 0.0900. The molecule has 1 aliphatic carbocycles. The van der Waals surface area contributed by atoms with E-state index in [1.807, 2.05) is 0 Å². The second-order valence-electron chi connectivity index (χ2n) is 4.37. The Bertz CT molecular complexity index is 489. The lowest BCUT2D eigenvalue weighted by Gasteiger charge is -2.17. The predicted octanol–water partition coefficient (Wildman–Crippen LogP) is 0.509. The first-order valence-corrected chi connectivity index (χ1v) is 5.75. The van der Waals surface area contributed by atoms with Gasteiger partial charge >= 0.3 is 5.97 Å². The summed E-state index contributed by atoms with van der Waals surface area (Å²) >= 11 is 0. The molecule has 6 nitrogen and oxygen atoms in total. The van der Waals surface area contributed by atoms with Crippen molar-refractivity contribution in [1.82, 2.24) is 14.7 Å². The lowest BCUT2D eigenvalue weighted by Crippen LogP contribution is -2.36. The molecule has 1 aliphatic rings. The summed E-state index contributed by atoms with van der Waals surface area (Å²) in [6.45, 7) is -0.235. The van der Waals surface area contributed by atoms with Crippen LogP contribution in [0.2, 0.25) is 0 Å². The molecule has 1 N–H and O–H groups in total. The summed E-state index contributed by atoms with van der Waals surface area (Å²) in [6.07, 6.45) is 8.25. The number of carboxylic acid groups (broad SMARTS) is 1. The summed E-state index contributed by atoms with van der Waals surface area (Å²) in [5.41, 5.74) is 0.817. The van der Waals surface area contributed by atoms with E-state index < -0.39 is 5.97 Å². The fraction of sp³-hybridized carbons (Fsp3) is 0.417. The van der Waals surface area contributed by atoms with E-state index in [0.717, 1.165) is 18.4 Å². The summed E-state index contributed by atoms with van der Waals surface area (Å²) in [5.74, 6) is -1.24. The fourth-order valence-corrected chi connectivity index (χ4v) is 1.71. The summed E-state index contributed by atoms with van der Waals surface area (Å²) in [4.78, 5) is 24.0. The van der Waals surface area contributed by atoms with E-state index in [9.17, 15) is 9.59 Å². The molecule has 0 spiro atoms. The molecule has 0 unspecified atom stereocenters. The van der Waals surface area contributed by atoms with Gasteiger partial charge < -0.3 is 10.0 Å². The van der Waals surface area contributed by atoms with Crippen LogP contribution < -0.4 is 0 Å². The molecular formula is C12H15N3O3. The van der Waals surface area contributed by atoms with Crippen LogP contribution in [-0.2, 0) is 16.6 Å². The van der Waals surface area contributed by atoms with Crippen molar-refractivity contribution < 1.29 is 14.7 Å². The maximum atomic E-state index is 11.9. The van der Waals surface area contributed by atoms with Crippen molar-refractivity contribution in [3.05, 3.63) is 24.0 Å². The molecule has 0 saturated heterocycles. The third-order valence-corrected chi connectivity index (χ3v) is 2.72. The van der Waals surface area contributed by atoms with E-state index in [-0.39, 0.29) is 18.5 Å². The van der Waals surface area contributed by atoms with E-state index in [0.29, 0.717) is 0 Å². The minimum atomic E-state index is -0.981. The minimum absolute atomic E-state index is 0.0900. The number of hydrogen-bond acceptors (Lipinski definition) is 3. The molecule has 1 aromatic heterocycles. The Morgan fingerprint density at radius 3 is 2.83 bits per heavy atom. The van der Waals surface area contributed by atoms with Crippen LogP contribution >= 0.6 is 0 Å². The zero-order valence-electron chi connectivity index (χ0n) is 10.1. The smallest absolute Gasteiger partial charge is 0.323 e. The first kappa shape index (κ1) is 12.3. The Morgan fingerprint density at radius 2 is 2.33 bits per heavy atom. The second-order valence-corrected chi connectivity index (χ2v) is 4.37. The first-order valence-electron chi connectivity index (χ1n) is 5.75. The molecule has 0 atom stereocenters. The molecule has 18 heavy (non-hydrogen) atoms. The maximum absolute atomic E-state index is 11.9. The third kappa shape index (κ3) is 3.19. The second kappa shape index (κ2) is 5.03. The van der Waals surface area contributed by atoms with E-state index >= 15 is 0 Å². The summed E-state index contributed by atoms with van der Waals surface area (Å²) < 4.78 is 1.64. The Balaban J connectivity index is 2.00. The standard InChI is InChI=1S/C12H15N3O3/c1-14-7-9(6-13-14)2-5-11(16)15(8-12(17)18)10-3-4-10/h2,5-7,10H,3-4,8H2,1H3,(H,17,18). The lowest BCUT2D eigenvalue weighted by atomic mass is 10.3. The Morgan fingerprint density at radius 1 is 1.61 bits per heavy atom. The molecule has 1 aromatic rings. The molecule has 1 amide bonds. The lowest BCUT2D eigenvalue weighted by molar-refractivity contribution is -0.143. The van der Waals surface area contributed by atoms with Crippen molar-refractivity contribution in [2.24, 2.45) is 7.05 Å². The monoisotopic (exact) mass is 249 g/mol. The van der Waals surface area contributed by atoms with Crippen LogP contribution in [0.15, 0.2) is 18.5 Å². The van der Waals surface area contributed by atoms with Crippen molar-refractivity contribution in [2.75, 3.05) is 6.54 Å². The molecule has 0 bridgehead atoms. The molecule has 1 saturated carbocycles. The van der Waals surface area contributed by atoms with Gasteiger partial charge in [0.1, 0.15) is 6.54 Å². The van der Waals surface area contributed by atoms with Crippen molar-refractivity contribution in [3.63, 3.8) is 0 Å². The Kier molecular flexibility index (Phi) is 3.45. The van der Waals surface area contributed by atoms with Crippen LogP contribution in [0.5, 0.6) is 0 Å². The number of nitrogens with zero attached hydrogens (tertiary/aromatic N) is 3. The molecule has 2 rings (SSSR count). The molecule has 96 valence electrons. The van der Waals surface area contributed by atoms with Gasteiger partial charge in [-0.05, 0) is 18.9 Å². The van der Waals surface area contributed by atoms with Crippen LogP contribution in [0.4, 0.5) is 0 Å². The molecule has 0 aliphatic heterocycles. The molecule has 1 heterocycles. The average Bonchev–Trinajstić information content (AvgIpc) is 3.06. The van der Waals surface area contributed by atoms with Crippen LogP contribution in [0.3, 0.4) is 0 Å². The zero-order valence-corrected chi connectivity index (χ0v) is 10.1.